The van der Waals surface area contributed by atoms with Crippen LogP contribution in [0, 0.1) is 5.82 Å². The van der Waals surface area contributed by atoms with Crippen LogP contribution in [0.3, 0.4) is 0 Å². The summed E-state index contributed by atoms with van der Waals surface area (Å²) in [7, 11) is 1.77. The van der Waals surface area contributed by atoms with E-state index < -0.39 is 0 Å². The van der Waals surface area contributed by atoms with Crippen LogP contribution in [0.15, 0.2) is 24.3 Å². The Balaban J connectivity index is 2.30. The quantitative estimate of drug-likeness (QED) is 0.605. The normalized spacial score (nSPS) is 11.8. The lowest BCUT2D eigenvalue weighted by Gasteiger charge is -2.13. The van der Waals surface area contributed by atoms with E-state index in [1.165, 1.54) is 6.07 Å². The minimum absolute atomic E-state index is 0.0729. The molecule has 1 aromatic carbocycles. The third kappa shape index (κ3) is 6.85. The molecule has 3 N–H and O–H groups in total. The van der Waals surface area contributed by atoms with Crippen LogP contribution in [0.5, 0.6) is 0 Å². The number of carbonyl (C=O) groups is 2. The highest BCUT2D eigenvalue weighted by molar-refractivity contribution is 5.78. The molecular weight excluding hydrogens is 273 g/mol. The molecule has 116 valence electrons. The highest BCUT2D eigenvalue weighted by Gasteiger charge is 2.13. The standard InChI is InChI=1S/C15H22FN3O2/c1-3-8-17-14(20)10-19(2)11-15(21)18-9-12-6-4-5-7-13(12)16/h4-7H,3,8-11H2,1-2H3,(H,17,20)(H,18,21)/p+1. The lowest BCUT2D eigenvalue weighted by molar-refractivity contribution is -0.862. The lowest BCUT2D eigenvalue weighted by atomic mass is 10.2. The number of amides is 2. The molecule has 6 heteroatoms. The Kier molecular flexibility index (Phi) is 7.39. The molecule has 0 saturated carbocycles. The van der Waals surface area contributed by atoms with E-state index in [-0.39, 0.29) is 37.3 Å². The van der Waals surface area contributed by atoms with Gasteiger partial charge in [-0.15, -0.1) is 0 Å². The molecule has 0 aliphatic carbocycles. The Morgan fingerprint density at radius 2 is 1.76 bits per heavy atom. The molecular formula is C15H23FN3O2+. The Hall–Kier alpha value is -1.95. The van der Waals surface area contributed by atoms with Gasteiger partial charge in [0.05, 0.1) is 7.05 Å². The summed E-state index contributed by atoms with van der Waals surface area (Å²) in [4.78, 5) is 24.0. The van der Waals surface area contributed by atoms with Crippen molar-refractivity contribution in [3.05, 3.63) is 35.6 Å². The van der Waals surface area contributed by atoms with Crippen LogP contribution in [0.4, 0.5) is 4.39 Å². The van der Waals surface area contributed by atoms with Gasteiger partial charge in [0.1, 0.15) is 5.82 Å². The molecule has 0 heterocycles. The maximum absolute atomic E-state index is 13.4. The second-order valence-corrected chi connectivity index (χ2v) is 5.03. The first-order valence-electron chi connectivity index (χ1n) is 7.11. The fourth-order valence-corrected chi connectivity index (χ4v) is 1.84. The van der Waals surface area contributed by atoms with Gasteiger partial charge >= 0.3 is 0 Å². The summed E-state index contributed by atoms with van der Waals surface area (Å²) in [5.41, 5.74) is 0.448. The van der Waals surface area contributed by atoms with E-state index in [0.717, 1.165) is 11.3 Å². The molecule has 0 fully saturated rings. The van der Waals surface area contributed by atoms with Crippen molar-refractivity contribution in [1.82, 2.24) is 10.6 Å². The van der Waals surface area contributed by atoms with Gasteiger partial charge in [-0.2, -0.15) is 0 Å². The number of rotatable bonds is 8. The van der Waals surface area contributed by atoms with Gasteiger partial charge in [0, 0.05) is 18.7 Å². The molecule has 0 aromatic heterocycles. The first-order chi connectivity index (χ1) is 10.0. The summed E-state index contributed by atoms with van der Waals surface area (Å²) in [5.74, 6) is -0.618. The molecule has 21 heavy (non-hydrogen) atoms. The third-order valence-electron chi connectivity index (χ3n) is 2.93. The predicted molar refractivity (Wildman–Crippen MR) is 78.2 cm³/mol. The second-order valence-electron chi connectivity index (χ2n) is 5.03. The number of hydrogen-bond acceptors (Lipinski definition) is 2. The zero-order chi connectivity index (χ0) is 15.7. The number of carbonyl (C=O) groups excluding carboxylic acids is 2. The summed E-state index contributed by atoms with van der Waals surface area (Å²) in [5, 5.41) is 5.42. The largest absolute Gasteiger partial charge is 0.351 e. The Morgan fingerprint density at radius 1 is 1.14 bits per heavy atom. The fraction of sp³-hybridized carbons (Fsp3) is 0.467. The van der Waals surface area contributed by atoms with Crippen LogP contribution in [0.2, 0.25) is 0 Å². The molecule has 0 aliphatic rings. The number of hydrogen-bond donors (Lipinski definition) is 3. The minimum Gasteiger partial charge on any atom is -0.351 e. The van der Waals surface area contributed by atoms with Gasteiger partial charge in [0.25, 0.3) is 11.8 Å². The third-order valence-corrected chi connectivity index (χ3v) is 2.93. The summed E-state index contributed by atoms with van der Waals surface area (Å²) in [6, 6.07) is 6.31. The zero-order valence-corrected chi connectivity index (χ0v) is 12.5. The first-order valence-corrected chi connectivity index (χ1v) is 7.11. The second kappa shape index (κ2) is 9.07. The molecule has 2 amide bonds. The van der Waals surface area contributed by atoms with Crippen LogP contribution < -0.4 is 15.5 Å². The maximum atomic E-state index is 13.4. The number of likely N-dealkylation sites (N-methyl/N-ethyl adjacent to an activating group) is 1. The molecule has 5 nitrogen and oxygen atoms in total. The van der Waals surface area contributed by atoms with Crippen molar-refractivity contribution < 1.29 is 18.9 Å². The number of halogens is 1. The summed E-state index contributed by atoms with van der Waals surface area (Å²) < 4.78 is 13.4. The fourth-order valence-electron chi connectivity index (χ4n) is 1.84. The molecule has 1 rings (SSSR count). The van der Waals surface area contributed by atoms with Gasteiger partial charge in [0.15, 0.2) is 13.1 Å². The van der Waals surface area contributed by atoms with Gasteiger partial charge in [-0.3, -0.25) is 9.59 Å². The van der Waals surface area contributed by atoms with Gasteiger partial charge in [-0.05, 0) is 12.5 Å². The van der Waals surface area contributed by atoms with E-state index in [4.69, 9.17) is 0 Å². The minimum atomic E-state index is -0.336. The van der Waals surface area contributed by atoms with Crippen LogP contribution in [-0.4, -0.2) is 38.5 Å². The van der Waals surface area contributed by atoms with Crippen LogP contribution in [0.1, 0.15) is 18.9 Å². The molecule has 0 radical (unpaired) electrons. The Morgan fingerprint density at radius 3 is 2.38 bits per heavy atom. The number of nitrogens with one attached hydrogen (secondary N) is 3. The molecule has 0 spiro atoms. The first kappa shape index (κ1) is 17.1. The summed E-state index contributed by atoms with van der Waals surface area (Å²) >= 11 is 0. The molecule has 1 aromatic rings. The van der Waals surface area contributed by atoms with Crippen molar-refractivity contribution in [2.75, 3.05) is 26.7 Å². The van der Waals surface area contributed by atoms with E-state index in [1.807, 2.05) is 6.92 Å². The topological polar surface area (TPSA) is 62.6 Å². The monoisotopic (exact) mass is 296 g/mol. The molecule has 0 saturated heterocycles. The van der Waals surface area contributed by atoms with E-state index in [0.29, 0.717) is 12.1 Å². The highest BCUT2D eigenvalue weighted by Crippen LogP contribution is 2.04. The van der Waals surface area contributed by atoms with Gasteiger partial charge in [0.2, 0.25) is 0 Å². The predicted octanol–water partition coefficient (Wildman–Crippen LogP) is -0.517. The zero-order valence-electron chi connectivity index (χ0n) is 12.5. The van der Waals surface area contributed by atoms with Crippen LogP contribution >= 0.6 is 0 Å². The average molecular weight is 296 g/mol. The Bertz CT molecular complexity index is 480. The smallest absolute Gasteiger partial charge is 0.275 e. The Labute approximate surface area is 124 Å². The van der Waals surface area contributed by atoms with E-state index in [9.17, 15) is 14.0 Å². The van der Waals surface area contributed by atoms with Crippen molar-refractivity contribution in [2.45, 2.75) is 19.9 Å². The summed E-state index contributed by atoms with van der Waals surface area (Å²) in [6.45, 7) is 3.19. The average Bonchev–Trinajstić information content (AvgIpc) is 2.44. The van der Waals surface area contributed by atoms with Crippen LogP contribution in [-0.2, 0) is 16.1 Å². The van der Waals surface area contributed by atoms with Crippen LogP contribution in [0.25, 0.3) is 0 Å². The van der Waals surface area contributed by atoms with Crippen molar-refractivity contribution in [2.24, 2.45) is 0 Å². The highest BCUT2D eigenvalue weighted by atomic mass is 19.1. The van der Waals surface area contributed by atoms with Crippen molar-refractivity contribution in [1.29, 1.82) is 0 Å². The number of benzene rings is 1. The number of quaternary nitrogens is 1. The molecule has 0 aliphatic heterocycles. The summed E-state index contributed by atoms with van der Waals surface area (Å²) in [6.07, 6.45) is 0.883. The van der Waals surface area contributed by atoms with E-state index in [1.54, 1.807) is 25.2 Å². The van der Waals surface area contributed by atoms with Gasteiger partial charge in [-0.25, -0.2) is 4.39 Å². The van der Waals surface area contributed by atoms with Crippen molar-refractivity contribution in [3.63, 3.8) is 0 Å². The van der Waals surface area contributed by atoms with Gasteiger partial charge < -0.3 is 15.5 Å². The molecule has 0 bridgehead atoms. The van der Waals surface area contributed by atoms with Crippen molar-refractivity contribution >= 4 is 11.8 Å². The maximum Gasteiger partial charge on any atom is 0.275 e. The SMILES string of the molecule is CCCNC(=O)C[NH+](C)CC(=O)NCc1ccccc1F. The molecule has 1 atom stereocenters. The lowest BCUT2D eigenvalue weighted by Crippen LogP contribution is -3.11. The van der Waals surface area contributed by atoms with Crippen molar-refractivity contribution in [3.8, 4) is 0 Å². The van der Waals surface area contributed by atoms with Gasteiger partial charge in [-0.1, -0.05) is 25.1 Å². The molecule has 1 unspecified atom stereocenters. The van der Waals surface area contributed by atoms with E-state index >= 15 is 0 Å². The van der Waals surface area contributed by atoms with E-state index in [2.05, 4.69) is 10.6 Å².